The van der Waals surface area contributed by atoms with Gasteiger partial charge >= 0.3 is 0 Å². The molecule has 0 aromatic heterocycles. The molecule has 0 saturated heterocycles. The number of rotatable bonds is 6. The molecule has 1 rings (SSSR count). The Morgan fingerprint density at radius 1 is 1.19 bits per heavy atom. The number of para-hydroxylation sites is 1. The van der Waals surface area contributed by atoms with Crippen LogP contribution in [0.25, 0.3) is 0 Å². The van der Waals surface area contributed by atoms with E-state index in [1.807, 2.05) is 19.1 Å². The third-order valence-electron chi connectivity index (χ3n) is 2.83. The van der Waals surface area contributed by atoms with Crippen LogP contribution in [0.4, 0.5) is 0 Å². The maximum Gasteiger partial charge on any atom is 0.124 e. The second-order valence-corrected chi connectivity index (χ2v) is 4.17. The topological polar surface area (TPSA) is 21.3 Å². The molecule has 0 amide bonds. The standard InChI is InChI=1S/C14H23NO/c1-5-11(3)15-12(4)13-9-7-8-10-14(13)16-6-2/h7-12,15H,5-6H2,1-4H3/t11-,12-/m1/s1. The third-order valence-corrected chi connectivity index (χ3v) is 2.83. The first kappa shape index (κ1) is 13.0. The van der Waals surface area contributed by atoms with Crippen LogP contribution in [-0.4, -0.2) is 12.6 Å². The molecule has 0 radical (unpaired) electrons. The molecular weight excluding hydrogens is 198 g/mol. The van der Waals surface area contributed by atoms with Crippen LogP contribution < -0.4 is 10.1 Å². The minimum absolute atomic E-state index is 0.331. The van der Waals surface area contributed by atoms with Gasteiger partial charge in [0.25, 0.3) is 0 Å². The minimum atomic E-state index is 0.331. The fraction of sp³-hybridized carbons (Fsp3) is 0.571. The fourth-order valence-electron chi connectivity index (χ4n) is 1.76. The Kier molecular flexibility index (Phi) is 5.33. The van der Waals surface area contributed by atoms with E-state index in [4.69, 9.17) is 4.74 Å². The van der Waals surface area contributed by atoms with Crippen LogP contribution in [0, 0.1) is 0 Å². The van der Waals surface area contributed by atoms with E-state index in [1.165, 1.54) is 5.56 Å². The van der Waals surface area contributed by atoms with Crippen molar-refractivity contribution in [1.82, 2.24) is 5.32 Å². The van der Waals surface area contributed by atoms with Gasteiger partial charge in [-0.1, -0.05) is 25.1 Å². The van der Waals surface area contributed by atoms with E-state index < -0.39 is 0 Å². The Labute approximate surface area is 99.0 Å². The molecule has 0 aliphatic rings. The number of hydrogen-bond donors (Lipinski definition) is 1. The third kappa shape index (κ3) is 3.53. The highest BCUT2D eigenvalue weighted by Gasteiger charge is 2.12. The van der Waals surface area contributed by atoms with Crippen molar-refractivity contribution in [3.8, 4) is 5.75 Å². The summed E-state index contributed by atoms with van der Waals surface area (Å²) in [6, 6.07) is 9.11. The number of ether oxygens (including phenoxy) is 1. The normalized spacial score (nSPS) is 14.5. The van der Waals surface area contributed by atoms with Gasteiger partial charge in [0.2, 0.25) is 0 Å². The van der Waals surface area contributed by atoms with Crippen molar-refractivity contribution in [2.75, 3.05) is 6.61 Å². The molecule has 0 aliphatic carbocycles. The maximum absolute atomic E-state index is 5.63. The molecule has 1 aromatic rings. The number of benzene rings is 1. The molecule has 0 saturated carbocycles. The van der Waals surface area contributed by atoms with Gasteiger partial charge in [0.05, 0.1) is 6.61 Å². The lowest BCUT2D eigenvalue weighted by atomic mass is 10.1. The van der Waals surface area contributed by atoms with Crippen molar-refractivity contribution < 1.29 is 4.74 Å². The molecule has 1 N–H and O–H groups in total. The second kappa shape index (κ2) is 6.54. The molecule has 0 fully saturated rings. The van der Waals surface area contributed by atoms with Gasteiger partial charge in [-0.2, -0.15) is 0 Å². The summed E-state index contributed by atoms with van der Waals surface area (Å²) in [7, 11) is 0. The predicted molar refractivity (Wildman–Crippen MR) is 68.9 cm³/mol. The monoisotopic (exact) mass is 221 g/mol. The fourth-order valence-corrected chi connectivity index (χ4v) is 1.76. The van der Waals surface area contributed by atoms with Gasteiger partial charge in [-0.05, 0) is 33.3 Å². The lowest BCUT2D eigenvalue weighted by molar-refractivity contribution is 0.330. The summed E-state index contributed by atoms with van der Waals surface area (Å²) in [5, 5.41) is 3.56. The predicted octanol–water partition coefficient (Wildman–Crippen LogP) is 3.53. The molecule has 2 heteroatoms. The minimum Gasteiger partial charge on any atom is -0.494 e. The van der Waals surface area contributed by atoms with E-state index in [0.29, 0.717) is 18.7 Å². The van der Waals surface area contributed by atoms with Crippen molar-refractivity contribution in [3.63, 3.8) is 0 Å². The molecule has 0 unspecified atom stereocenters. The molecule has 2 nitrogen and oxygen atoms in total. The van der Waals surface area contributed by atoms with Gasteiger partial charge < -0.3 is 10.1 Å². The average Bonchev–Trinajstić information content (AvgIpc) is 2.30. The zero-order chi connectivity index (χ0) is 12.0. The molecular formula is C14H23NO. The SMILES string of the molecule is CCOc1ccccc1[C@@H](C)N[C@H](C)CC. The van der Waals surface area contributed by atoms with Gasteiger partial charge in [0.15, 0.2) is 0 Å². The average molecular weight is 221 g/mol. The van der Waals surface area contributed by atoms with Crippen LogP contribution in [0.2, 0.25) is 0 Å². The molecule has 2 atom stereocenters. The largest absolute Gasteiger partial charge is 0.494 e. The highest BCUT2D eigenvalue weighted by atomic mass is 16.5. The summed E-state index contributed by atoms with van der Waals surface area (Å²) < 4.78 is 5.63. The van der Waals surface area contributed by atoms with Gasteiger partial charge in [-0.25, -0.2) is 0 Å². The second-order valence-electron chi connectivity index (χ2n) is 4.17. The van der Waals surface area contributed by atoms with Crippen LogP contribution in [0.3, 0.4) is 0 Å². The van der Waals surface area contributed by atoms with E-state index in [2.05, 4.69) is 38.2 Å². The number of nitrogens with one attached hydrogen (secondary N) is 1. The summed E-state index contributed by atoms with van der Waals surface area (Å²) in [6.45, 7) is 9.32. The Balaban J connectivity index is 2.77. The zero-order valence-corrected chi connectivity index (χ0v) is 10.8. The summed E-state index contributed by atoms with van der Waals surface area (Å²) in [5.74, 6) is 0.994. The van der Waals surface area contributed by atoms with Crippen LogP contribution in [0.15, 0.2) is 24.3 Å². The number of hydrogen-bond acceptors (Lipinski definition) is 2. The summed E-state index contributed by atoms with van der Waals surface area (Å²) in [4.78, 5) is 0. The molecule has 0 aliphatic heterocycles. The van der Waals surface area contributed by atoms with E-state index >= 15 is 0 Å². The Hall–Kier alpha value is -1.02. The summed E-state index contributed by atoms with van der Waals surface area (Å²) in [6.07, 6.45) is 1.14. The maximum atomic E-state index is 5.63. The first-order chi connectivity index (χ1) is 7.69. The van der Waals surface area contributed by atoms with E-state index in [9.17, 15) is 0 Å². The molecule has 0 heterocycles. The summed E-state index contributed by atoms with van der Waals surface area (Å²) in [5.41, 5.74) is 1.24. The van der Waals surface area contributed by atoms with Gasteiger partial charge in [-0.15, -0.1) is 0 Å². The van der Waals surface area contributed by atoms with Crippen LogP contribution >= 0.6 is 0 Å². The molecule has 0 spiro atoms. The van der Waals surface area contributed by atoms with Crippen molar-refractivity contribution in [2.45, 2.75) is 46.2 Å². The quantitative estimate of drug-likeness (QED) is 0.793. The van der Waals surface area contributed by atoms with Crippen LogP contribution in [0.5, 0.6) is 5.75 Å². The van der Waals surface area contributed by atoms with Gasteiger partial charge in [0, 0.05) is 17.6 Å². The van der Waals surface area contributed by atoms with E-state index in [0.717, 1.165) is 12.2 Å². The lowest BCUT2D eigenvalue weighted by Gasteiger charge is -2.21. The summed E-state index contributed by atoms with van der Waals surface area (Å²) >= 11 is 0. The van der Waals surface area contributed by atoms with E-state index in [-0.39, 0.29) is 0 Å². The highest BCUT2D eigenvalue weighted by Crippen LogP contribution is 2.25. The van der Waals surface area contributed by atoms with Gasteiger partial charge in [0.1, 0.15) is 5.75 Å². The highest BCUT2D eigenvalue weighted by molar-refractivity contribution is 5.35. The zero-order valence-electron chi connectivity index (χ0n) is 10.8. The molecule has 0 bridgehead atoms. The Bertz CT molecular complexity index is 311. The molecule has 16 heavy (non-hydrogen) atoms. The molecule has 1 aromatic carbocycles. The van der Waals surface area contributed by atoms with Crippen molar-refractivity contribution in [1.29, 1.82) is 0 Å². The smallest absolute Gasteiger partial charge is 0.124 e. The lowest BCUT2D eigenvalue weighted by Crippen LogP contribution is -2.28. The Morgan fingerprint density at radius 2 is 1.88 bits per heavy atom. The van der Waals surface area contributed by atoms with Gasteiger partial charge in [-0.3, -0.25) is 0 Å². The van der Waals surface area contributed by atoms with Crippen molar-refractivity contribution in [3.05, 3.63) is 29.8 Å². The first-order valence-electron chi connectivity index (χ1n) is 6.16. The Morgan fingerprint density at radius 3 is 2.50 bits per heavy atom. The first-order valence-corrected chi connectivity index (χ1v) is 6.16. The van der Waals surface area contributed by atoms with Crippen LogP contribution in [-0.2, 0) is 0 Å². The van der Waals surface area contributed by atoms with Crippen LogP contribution in [0.1, 0.15) is 45.7 Å². The van der Waals surface area contributed by atoms with E-state index in [1.54, 1.807) is 0 Å². The van der Waals surface area contributed by atoms with Crippen molar-refractivity contribution >= 4 is 0 Å². The van der Waals surface area contributed by atoms with Crippen molar-refractivity contribution in [2.24, 2.45) is 0 Å². The molecule has 90 valence electrons.